The van der Waals surface area contributed by atoms with Crippen LogP contribution >= 0.6 is 0 Å². The Bertz CT molecular complexity index is 1410. The number of rotatable bonds is 5. The summed E-state index contributed by atoms with van der Waals surface area (Å²) in [6, 6.07) is 13.2. The fourth-order valence-electron chi connectivity index (χ4n) is 3.35. The number of imidazole rings is 1. The van der Waals surface area contributed by atoms with Gasteiger partial charge in [0.25, 0.3) is 0 Å². The third kappa shape index (κ3) is 4.18. The highest BCUT2D eigenvalue weighted by molar-refractivity contribution is 7.90. The predicted octanol–water partition coefficient (Wildman–Crippen LogP) is 5.17. The number of alkyl halides is 3. The van der Waals surface area contributed by atoms with Gasteiger partial charge in [0, 0.05) is 18.5 Å². The molecule has 10 heteroatoms. The van der Waals surface area contributed by atoms with Crippen LogP contribution in [0.1, 0.15) is 18.2 Å². The van der Waals surface area contributed by atoms with Crippen LogP contribution in [0.4, 0.5) is 13.2 Å². The highest BCUT2D eigenvalue weighted by Crippen LogP contribution is 2.35. The number of pyridine rings is 2. The first kappa shape index (κ1) is 21.8. The molecule has 32 heavy (non-hydrogen) atoms. The van der Waals surface area contributed by atoms with E-state index in [4.69, 9.17) is 4.74 Å². The smallest absolute Gasteiger partial charge is 0.419 e. The largest absolute Gasteiger partial charge is 0.439 e. The maximum absolute atomic E-state index is 13.5. The minimum atomic E-state index is -4.54. The maximum atomic E-state index is 13.5. The van der Waals surface area contributed by atoms with Crippen molar-refractivity contribution in [2.24, 2.45) is 0 Å². The van der Waals surface area contributed by atoms with Crippen LogP contribution in [0.3, 0.4) is 0 Å². The lowest BCUT2D eigenvalue weighted by atomic mass is 10.2. The second-order valence-electron chi connectivity index (χ2n) is 7.08. The minimum Gasteiger partial charge on any atom is -0.439 e. The van der Waals surface area contributed by atoms with E-state index in [2.05, 4.69) is 9.97 Å². The van der Waals surface area contributed by atoms with E-state index in [0.29, 0.717) is 23.5 Å². The van der Waals surface area contributed by atoms with Crippen LogP contribution in [-0.2, 0) is 22.4 Å². The number of halogens is 3. The van der Waals surface area contributed by atoms with Crippen LogP contribution < -0.4 is 4.74 Å². The zero-order valence-corrected chi connectivity index (χ0v) is 17.9. The Morgan fingerprint density at radius 3 is 2.47 bits per heavy atom. The number of ether oxygens (including phenoxy) is 1. The average Bonchev–Trinajstić information content (AvgIpc) is 3.11. The van der Waals surface area contributed by atoms with Gasteiger partial charge in [0.2, 0.25) is 5.88 Å². The molecule has 0 aliphatic carbocycles. The molecule has 4 rings (SSSR count). The van der Waals surface area contributed by atoms with Crippen LogP contribution in [0.2, 0.25) is 0 Å². The summed E-state index contributed by atoms with van der Waals surface area (Å²) in [6.45, 7) is 1.80. The highest BCUT2D eigenvalue weighted by atomic mass is 32.2. The quantitative estimate of drug-likeness (QED) is 0.410. The Morgan fingerprint density at radius 1 is 1.03 bits per heavy atom. The molecule has 0 saturated heterocycles. The van der Waals surface area contributed by atoms with Gasteiger partial charge in [-0.1, -0.05) is 19.1 Å². The van der Waals surface area contributed by atoms with Crippen molar-refractivity contribution in [3.63, 3.8) is 0 Å². The maximum Gasteiger partial charge on any atom is 0.419 e. The Balaban J connectivity index is 1.79. The monoisotopic (exact) mass is 461 g/mol. The molecule has 1 aromatic carbocycles. The lowest BCUT2D eigenvalue weighted by Crippen LogP contribution is -2.07. The van der Waals surface area contributed by atoms with Crippen molar-refractivity contribution < 1.29 is 26.3 Å². The molecule has 3 aromatic heterocycles. The molecule has 0 fully saturated rings. The molecule has 0 spiro atoms. The van der Waals surface area contributed by atoms with Crippen molar-refractivity contribution in [3.8, 4) is 23.0 Å². The van der Waals surface area contributed by atoms with Crippen LogP contribution in [0.15, 0.2) is 65.7 Å². The first-order valence-corrected chi connectivity index (χ1v) is 11.5. The Kier molecular flexibility index (Phi) is 5.41. The lowest BCUT2D eigenvalue weighted by molar-refractivity contribution is -0.136. The van der Waals surface area contributed by atoms with Crippen LogP contribution in [0.25, 0.3) is 17.0 Å². The molecule has 0 aliphatic heterocycles. The molecular weight excluding hydrogens is 443 g/mol. The van der Waals surface area contributed by atoms with Crippen molar-refractivity contribution in [1.82, 2.24) is 14.4 Å². The van der Waals surface area contributed by atoms with E-state index < -0.39 is 21.6 Å². The van der Waals surface area contributed by atoms with Gasteiger partial charge in [0.05, 0.1) is 27.5 Å². The zero-order valence-electron chi connectivity index (χ0n) is 17.1. The van der Waals surface area contributed by atoms with Crippen molar-refractivity contribution >= 4 is 15.5 Å². The van der Waals surface area contributed by atoms with Gasteiger partial charge in [-0.2, -0.15) is 13.2 Å². The summed E-state index contributed by atoms with van der Waals surface area (Å²) in [7, 11) is -3.41. The van der Waals surface area contributed by atoms with Crippen LogP contribution in [0, 0.1) is 0 Å². The third-order valence-corrected chi connectivity index (χ3v) is 5.89. The van der Waals surface area contributed by atoms with E-state index in [-0.39, 0.29) is 22.2 Å². The molecule has 0 radical (unpaired) electrons. The first-order chi connectivity index (χ1) is 15.1. The number of hydrogen-bond donors (Lipinski definition) is 0. The normalized spacial score (nSPS) is 12.3. The molecule has 0 amide bonds. The van der Waals surface area contributed by atoms with Gasteiger partial charge in [-0.3, -0.25) is 4.40 Å². The summed E-state index contributed by atoms with van der Waals surface area (Å²) in [5.41, 5.74) is 0.256. The van der Waals surface area contributed by atoms with Crippen molar-refractivity contribution in [3.05, 3.63) is 72.1 Å². The second kappa shape index (κ2) is 7.94. The number of sulfone groups is 1. The van der Waals surface area contributed by atoms with Crippen LogP contribution in [-0.4, -0.2) is 29.0 Å². The van der Waals surface area contributed by atoms with E-state index in [0.717, 1.165) is 12.3 Å². The molecule has 0 bridgehead atoms. The Hall–Kier alpha value is -3.40. The standard InChI is InChI=1S/C22H18F3N3O3S/c1-3-17-20(28-12-6-9-16(21(28)27-17)22(23,24)25)18-10-5-11-19(26-18)31-14-7-4-8-15(13-14)32(2,29)30/h4-13H,3H2,1-2H3. The summed E-state index contributed by atoms with van der Waals surface area (Å²) >= 11 is 0. The SMILES string of the molecule is CCc1nc2c(C(F)(F)F)cccn2c1-c1cccc(Oc2cccc(S(C)(=O)=O)c2)n1. The number of benzene rings is 1. The van der Waals surface area contributed by atoms with E-state index in [1.165, 1.54) is 28.8 Å². The van der Waals surface area contributed by atoms with E-state index in [9.17, 15) is 21.6 Å². The number of aromatic nitrogens is 3. The van der Waals surface area contributed by atoms with Gasteiger partial charge in [0.15, 0.2) is 9.84 Å². The molecule has 4 aromatic rings. The molecule has 0 unspecified atom stereocenters. The lowest BCUT2D eigenvalue weighted by Gasteiger charge is -2.10. The second-order valence-corrected chi connectivity index (χ2v) is 9.10. The number of nitrogens with zero attached hydrogens (tertiary/aromatic N) is 3. The topological polar surface area (TPSA) is 73.6 Å². The number of aryl methyl sites for hydroxylation is 1. The van der Waals surface area contributed by atoms with E-state index in [1.807, 2.05) is 0 Å². The van der Waals surface area contributed by atoms with Crippen molar-refractivity contribution in [2.75, 3.05) is 6.26 Å². The van der Waals surface area contributed by atoms with Gasteiger partial charge in [-0.25, -0.2) is 18.4 Å². The molecular formula is C22H18F3N3O3S. The Morgan fingerprint density at radius 2 is 1.78 bits per heavy atom. The van der Waals surface area contributed by atoms with Gasteiger partial charge < -0.3 is 4.74 Å². The molecule has 6 nitrogen and oxygen atoms in total. The number of fused-ring (bicyclic) bond motifs is 1. The third-order valence-electron chi connectivity index (χ3n) is 4.78. The minimum absolute atomic E-state index is 0.0980. The number of hydrogen-bond acceptors (Lipinski definition) is 5. The summed E-state index contributed by atoms with van der Waals surface area (Å²) in [6.07, 6.45) is -1.54. The molecule has 0 atom stereocenters. The highest BCUT2D eigenvalue weighted by Gasteiger charge is 2.34. The molecule has 3 heterocycles. The zero-order chi connectivity index (χ0) is 23.1. The van der Waals surface area contributed by atoms with Gasteiger partial charge >= 0.3 is 6.18 Å². The van der Waals surface area contributed by atoms with E-state index in [1.54, 1.807) is 37.3 Å². The summed E-state index contributed by atoms with van der Waals surface area (Å²) in [5, 5.41) is 0. The van der Waals surface area contributed by atoms with Gasteiger partial charge in [-0.05, 0) is 42.8 Å². The van der Waals surface area contributed by atoms with Gasteiger partial charge in [-0.15, -0.1) is 0 Å². The molecule has 0 N–H and O–H groups in total. The fraction of sp³-hybridized carbons (Fsp3) is 0.182. The van der Waals surface area contributed by atoms with E-state index >= 15 is 0 Å². The predicted molar refractivity (Wildman–Crippen MR) is 112 cm³/mol. The summed E-state index contributed by atoms with van der Waals surface area (Å²) < 4.78 is 71.0. The fourth-order valence-corrected chi connectivity index (χ4v) is 4.00. The first-order valence-electron chi connectivity index (χ1n) is 9.60. The van der Waals surface area contributed by atoms with Crippen molar-refractivity contribution in [1.29, 1.82) is 0 Å². The summed E-state index contributed by atoms with van der Waals surface area (Å²) in [4.78, 5) is 8.76. The molecule has 166 valence electrons. The Labute approximate surface area is 182 Å². The molecule has 0 aliphatic rings. The van der Waals surface area contributed by atoms with Crippen molar-refractivity contribution in [2.45, 2.75) is 24.4 Å². The summed E-state index contributed by atoms with van der Waals surface area (Å²) in [5.74, 6) is 0.433. The van der Waals surface area contributed by atoms with Gasteiger partial charge in [0.1, 0.15) is 11.4 Å². The van der Waals surface area contributed by atoms with Crippen LogP contribution in [0.5, 0.6) is 11.6 Å². The molecule has 0 saturated carbocycles. The average molecular weight is 461 g/mol.